The van der Waals surface area contributed by atoms with E-state index >= 15 is 0 Å². The molecular formula is C30H35N5O4. The highest BCUT2D eigenvalue weighted by Gasteiger charge is 2.17. The fourth-order valence-corrected chi connectivity index (χ4v) is 4.04. The molecule has 0 saturated carbocycles. The summed E-state index contributed by atoms with van der Waals surface area (Å²) in [5, 5.41) is 8.22. The Kier molecular flexibility index (Phi) is 9.69. The molecule has 0 saturated heterocycles. The maximum atomic E-state index is 12.9. The Morgan fingerprint density at radius 2 is 1.72 bits per heavy atom. The van der Waals surface area contributed by atoms with Gasteiger partial charge >= 0.3 is 0 Å². The molecule has 5 N–H and O–H groups in total. The van der Waals surface area contributed by atoms with Crippen molar-refractivity contribution in [2.75, 3.05) is 43.6 Å². The zero-order valence-electron chi connectivity index (χ0n) is 22.9. The van der Waals surface area contributed by atoms with E-state index in [1.54, 1.807) is 51.5 Å². The number of carbonyl (C=O) groups excluding carboxylic acids is 3. The third-order valence-electron chi connectivity index (χ3n) is 6.49. The molecule has 0 fully saturated rings. The summed E-state index contributed by atoms with van der Waals surface area (Å²) in [5.74, 6) is -0.272. The summed E-state index contributed by atoms with van der Waals surface area (Å²) in [7, 11) is 5.04. The summed E-state index contributed by atoms with van der Waals surface area (Å²) in [6, 6.07) is 16.2. The molecule has 0 spiro atoms. The second-order valence-corrected chi connectivity index (χ2v) is 8.97. The predicted molar refractivity (Wildman–Crippen MR) is 156 cm³/mol. The smallest absolute Gasteiger partial charge is 0.251 e. The number of likely N-dealkylation sites (N-methyl/N-ethyl adjacent to an activating group) is 1. The molecule has 3 amide bonds. The molecule has 3 aromatic carbocycles. The third-order valence-corrected chi connectivity index (χ3v) is 6.49. The minimum Gasteiger partial charge on any atom is -0.487 e. The third kappa shape index (κ3) is 7.16. The highest BCUT2D eigenvalue weighted by atomic mass is 16.5. The predicted octanol–water partition coefficient (Wildman–Crippen LogP) is 3.66. The van der Waals surface area contributed by atoms with Gasteiger partial charge in [0, 0.05) is 38.5 Å². The molecule has 0 atom stereocenters. The number of rotatable bonds is 10. The quantitative estimate of drug-likeness (QED) is 0.235. The Hall–Kier alpha value is -4.79. The van der Waals surface area contributed by atoms with Crippen LogP contribution in [0.1, 0.15) is 32.6 Å². The first-order valence-electron chi connectivity index (χ1n) is 12.5. The van der Waals surface area contributed by atoms with Crippen LogP contribution < -0.4 is 31.3 Å². The summed E-state index contributed by atoms with van der Waals surface area (Å²) in [6.45, 7) is 4.05. The van der Waals surface area contributed by atoms with E-state index in [0.717, 1.165) is 33.6 Å². The maximum Gasteiger partial charge on any atom is 0.251 e. The minimum atomic E-state index is -0.400. The van der Waals surface area contributed by atoms with Crippen LogP contribution in [0.25, 0.3) is 6.08 Å². The van der Waals surface area contributed by atoms with Gasteiger partial charge in [0.05, 0.1) is 17.9 Å². The molecule has 0 unspecified atom stereocenters. The molecule has 0 radical (unpaired) electrons. The zero-order chi connectivity index (χ0) is 28.5. The zero-order valence-corrected chi connectivity index (χ0v) is 22.9. The first-order chi connectivity index (χ1) is 18.7. The van der Waals surface area contributed by atoms with Gasteiger partial charge in [-0.3, -0.25) is 14.4 Å². The van der Waals surface area contributed by atoms with E-state index in [-0.39, 0.29) is 25.0 Å². The average Bonchev–Trinajstić information content (AvgIpc) is 2.95. The van der Waals surface area contributed by atoms with E-state index in [1.807, 2.05) is 44.2 Å². The van der Waals surface area contributed by atoms with Crippen molar-refractivity contribution in [3.8, 4) is 5.75 Å². The van der Waals surface area contributed by atoms with Crippen LogP contribution in [-0.2, 0) is 16.2 Å². The Morgan fingerprint density at radius 3 is 2.38 bits per heavy atom. The Balaban J connectivity index is 1.62. The number of nitrogens with two attached hydrogens (primary N) is 1. The van der Waals surface area contributed by atoms with E-state index in [0.29, 0.717) is 17.0 Å². The number of benzene rings is 3. The normalized spacial score (nSPS) is 10.7. The number of nitrogens with one attached hydrogen (secondary N) is 3. The first-order valence-corrected chi connectivity index (χ1v) is 12.5. The van der Waals surface area contributed by atoms with Gasteiger partial charge in [-0.05, 0) is 72.5 Å². The van der Waals surface area contributed by atoms with Crippen LogP contribution in [0.4, 0.5) is 17.1 Å². The number of amides is 3. The monoisotopic (exact) mass is 529 g/mol. The van der Waals surface area contributed by atoms with Crippen LogP contribution in [0.5, 0.6) is 5.75 Å². The Labute approximate surface area is 229 Å². The lowest BCUT2D eigenvalue weighted by Crippen LogP contribution is -2.38. The number of ether oxygens (including phenoxy) is 1. The van der Waals surface area contributed by atoms with Gasteiger partial charge in [0.25, 0.3) is 5.91 Å². The van der Waals surface area contributed by atoms with Crippen molar-refractivity contribution in [2.24, 2.45) is 0 Å². The van der Waals surface area contributed by atoms with Crippen LogP contribution in [0.15, 0.2) is 60.7 Å². The molecule has 3 aromatic rings. The van der Waals surface area contributed by atoms with E-state index in [9.17, 15) is 14.4 Å². The summed E-state index contributed by atoms with van der Waals surface area (Å²) in [5.41, 5.74) is 12.4. The van der Waals surface area contributed by atoms with Crippen LogP contribution in [0, 0.1) is 13.8 Å². The fraction of sp³-hybridized carbons (Fsp3) is 0.233. The van der Waals surface area contributed by atoms with Crippen LogP contribution >= 0.6 is 0 Å². The lowest BCUT2D eigenvalue weighted by Gasteiger charge is -2.23. The minimum absolute atomic E-state index is 0.165. The largest absolute Gasteiger partial charge is 0.487 e. The molecule has 9 heteroatoms. The van der Waals surface area contributed by atoms with Gasteiger partial charge in [-0.2, -0.15) is 0 Å². The van der Waals surface area contributed by atoms with Crippen LogP contribution in [-0.4, -0.2) is 45.4 Å². The number of carbonyl (C=O) groups is 3. The van der Waals surface area contributed by atoms with Crippen molar-refractivity contribution in [2.45, 2.75) is 20.5 Å². The molecule has 9 nitrogen and oxygen atoms in total. The second kappa shape index (κ2) is 13.1. The SMILES string of the molecule is CNC(=O)c1ccc(C=CC(=O)NCC(=O)N(C)c2ccc(C)c(COc3cccc(NC)c3N)c2C)cc1. The topological polar surface area (TPSA) is 126 Å². The van der Waals surface area contributed by atoms with Gasteiger partial charge in [-0.15, -0.1) is 0 Å². The number of anilines is 3. The molecule has 0 aliphatic carbocycles. The number of nitrogen functional groups attached to an aromatic ring is 1. The van der Waals surface area contributed by atoms with Crippen molar-refractivity contribution in [1.82, 2.24) is 10.6 Å². The summed E-state index contributed by atoms with van der Waals surface area (Å²) in [6.07, 6.45) is 2.97. The summed E-state index contributed by atoms with van der Waals surface area (Å²) < 4.78 is 6.04. The van der Waals surface area contributed by atoms with E-state index in [2.05, 4.69) is 16.0 Å². The molecule has 204 valence electrons. The highest BCUT2D eigenvalue weighted by Crippen LogP contribution is 2.31. The number of hydrogen-bond acceptors (Lipinski definition) is 6. The van der Waals surface area contributed by atoms with Crippen molar-refractivity contribution < 1.29 is 19.1 Å². The van der Waals surface area contributed by atoms with Gasteiger partial charge in [-0.25, -0.2) is 0 Å². The fourth-order valence-electron chi connectivity index (χ4n) is 4.04. The van der Waals surface area contributed by atoms with Crippen LogP contribution in [0.2, 0.25) is 0 Å². The Bertz CT molecular complexity index is 1380. The number of para-hydroxylation sites is 1. The highest BCUT2D eigenvalue weighted by molar-refractivity contribution is 5.99. The van der Waals surface area contributed by atoms with Gasteiger partial charge < -0.3 is 31.3 Å². The first kappa shape index (κ1) is 28.8. The van der Waals surface area contributed by atoms with Gasteiger partial charge in [0.2, 0.25) is 11.8 Å². The molecule has 0 aromatic heterocycles. The molecule has 0 bridgehead atoms. The molecular weight excluding hydrogens is 494 g/mol. The molecule has 0 aliphatic heterocycles. The van der Waals surface area contributed by atoms with Crippen molar-refractivity contribution in [3.05, 3.63) is 88.5 Å². The second-order valence-electron chi connectivity index (χ2n) is 8.97. The Morgan fingerprint density at radius 1 is 1.00 bits per heavy atom. The molecule has 0 aliphatic rings. The number of hydrogen-bond donors (Lipinski definition) is 4. The van der Waals surface area contributed by atoms with E-state index in [1.165, 1.54) is 11.0 Å². The molecule has 39 heavy (non-hydrogen) atoms. The van der Waals surface area contributed by atoms with Gasteiger partial charge in [0.1, 0.15) is 12.4 Å². The van der Waals surface area contributed by atoms with Crippen molar-refractivity contribution >= 4 is 40.9 Å². The molecule has 3 rings (SSSR count). The maximum absolute atomic E-state index is 12.9. The average molecular weight is 530 g/mol. The standard InChI is InChI=1S/C30H35N5O4/c1-19-9-15-25(20(2)23(19)18-39-26-8-6-7-24(32-3)29(26)31)35(5)28(37)17-34-27(36)16-12-21-10-13-22(14-11-21)30(38)33-4/h6-16,32H,17-18,31H2,1-5H3,(H,33,38)(H,34,36). The lowest BCUT2D eigenvalue weighted by atomic mass is 10.0. The summed E-state index contributed by atoms with van der Waals surface area (Å²) in [4.78, 5) is 38.3. The van der Waals surface area contributed by atoms with E-state index < -0.39 is 5.91 Å². The van der Waals surface area contributed by atoms with Gasteiger partial charge in [-0.1, -0.05) is 24.3 Å². The van der Waals surface area contributed by atoms with Gasteiger partial charge in [0.15, 0.2) is 0 Å². The number of aryl methyl sites for hydroxylation is 1. The molecule has 0 heterocycles. The van der Waals surface area contributed by atoms with Crippen molar-refractivity contribution in [1.29, 1.82) is 0 Å². The van der Waals surface area contributed by atoms with Crippen molar-refractivity contribution in [3.63, 3.8) is 0 Å². The number of nitrogens with zero attached hydrogens (tertiary/aromatic N) is 1. The lowest BCUT2D eigenvalue weighted by molar-refractivity contribution is -0.122. The van der Waals surface area contributed by atoms with Crippen LogP contribution in [0.3, 0.4) is 0 Å². The van der Waals surface area contributed by atoms with E-state index in [4.69, 9.17) is 10.5 Å². The summed E-state index contributed by atoms with van der Waals surface area (Å²) >= 11 is 0.